The van der Waals surface area contributed by atoms with Gasteiger partial charge in [-0.15, -0.1) is 11.3 Å². The molecule has 5 nitrogen and oxygen atoms in total. The molecule has 0 aliphatic rings. The monoisotopic (exact) mass is 360 g/mol. The molecule has 0 saturated heterocycles. The number of halogens is 1. The fraction of sp³-hybridized carbons (Fsp3) is 0.278. The summed E-state index contributed by atoms with van der Waals surface area (Å²) in [4.78, 5) is 33.0. The Morgan fingerprint density at radius 2 is 2.08 bits per heavy atom. The van der Waals surface area contributed by atoms with Crippen LogP contribution in [-0.4, -0.2) is 15.9 Å². The quantitative estimate of drug-likeness (QED) is 0.722. The van der Waals surface area contributed by atoms with Crippen LogP contribution in [0.25, 0.3) is 10.2 Å². The van der Waals surface area contributed by atoms with Crippen LogP contribution in [0.15, 0.2) is 29.1 Å². The van der Waals surface area contributed by atoms with Gasteiger partial charge in [0.1, 0.15) is 10.6 Å². The molecular formula is C18H17FN2O3S. The average Bonchev–Trinajstić information content (AvgIpc) is 2.84. The van der Waals surface area contributed by atoms with E-state index in [9.17, 15) is 14.0 Å². The lowest BCUT2D eigenvalue weighted by atomic mass is 10.1. The van der Waals surface area contributed by atoms with Crippen molar-refractivity contribution in [2.45, 2.75) is 33.3 Å². The zero-order chi connectivity index (χ0) is 18.1. The van der Waals surface area contributed by atoms with E-state index in [1.165, 1.54) is 23.5 Å². The lowest BCUT2D eigenvalue weighted by Gasteiger charge is -2.12. The molecule has 0 fully saturated rings. The number of carbonyl (C=O) groups is 1. The molecule has 2 heterocycles. The van der Waals surface area contributed by atoms with Crippen LogP contribution in [0.1, 0.15) is 34.9 Å². The maximum atomic E-state index is 13.6. The number of ether oxygens (including phenoxy) is 1. The lowest BCUT2D eigenvalue weighted by Crippen LogP contribution is -2.18. The van der Waals surface area contributed by atoms with E-state index in [4.69, 9.17) is 4.74 Å². The summed E-state index contributed by atoms with van der Waals surface area (Å²) < 4.78 is 18.9. The van der Waals surface area contributed by atoms with Gasteiger partial charge in [-0.2, -0.15) is 0 Å². The van der Waals surface area contributed by atoms with Crippen molar-refractivity contribution < 1.29 is 13.9 Å². The zero-order valence-electron chi connectivity index (χ0n) is 14.1. The number of aromatic nitrogens is 2. The molecule has 7 heteroatoms. The number of hydrogen-bond acceptors (Lipinski definition) is 5. The Bertz CT molecular complexity index is 1010. The van der Waals surface area contributed by atoms with E-state index in [0.717, 1.165) is 10.4 Å². The molecule has 3 rings (SSSR count). The minimum Gasteiger partial charge on any atom is -0.454 e. The van der Waals surface area contributed by atoms with E-state index in [-0.39, 0.29) is 23.4 Å². The van der Waals surface area contributed by atoms with Crippen molar-refractivity contribution in [1.29, 1.82) is 0 Å². The lowest BCUT2D eigenvalue weighted by molar-refractivity contribution is -0.148. The molecule has 3 aromatic rings. The average molecular weight is 360 g/mol. The van der Waals surface area contributed by atoms with Crippen LogP contribution in [0, 0.1) is 19.7 Å². The normalized spacial score (nSPS) is 12.3. The third kappa shape index (κ3) is 3.46. The minimum atomic E-state index is -0.737. The van der Waals surface area contributed by atoms with Gasteiger partial charge in [0.15, 0.2) is 11.9 Å². The second-order valence-corrected chi connectivity index (χ2v) is 7.02. The van der Waals surface area contributed by atoms with Crippen LogP contribution < -0.4 is 5.56 Å². The van der Waals surface area contributed by atoms with Gasteiger partial charge in [0.2, 0.25) is 0 Å². The maximum Gasteiger partial charge on any atom is 0.311 e. The molecule has 1 N–H and O–H groups in total. The number of benzene rings is 1. The van der Waals surface area contributed by atoms with E-state index in [1.54, 1.807) is 19.1 Å². The second-order valence-electron chi connectivity index (χ2n) is 5.81. The largest absolute Gasteiger partial charge is 0.454 e. The van der Waals surface area contributed by atoms with Gasteiger partial charge in [0.05, 0.1) is 11.8 Å². The van der Waals surface area contributed by atoms with E-state index in [0.29, 0.717) is 10.2 Å². The van der Waals surface area contributed by atoms with Gasteiger partial charge in [-0.3, -0.25) is 9.59 Å². The Hall–Kier alpha value is -2.54. The Balaban J connectivity index is 1.80. The molecule has 1 atom stereocenters. The summed E-state index contributed by atoms with van der Waals surface area (Å²) in [6, 6.07) is 6.04. The topological polar surface area (TPSA) is 72.0 Å². The number of carbonyl (C=O) groups excluding carboxylic acids is 1. The summed E-state index contributed by atoms with van der Waals surface area (Å²) in [5.41, 5.74) is 0.921. The van der Waals surface area contributed by atoms with E-state index in [1.807, 2.05) is 13.8 Å². The molecule has 2 aromatic heterocycles. The molecule has 0 aliphatic heterocycles. The van der Waals surface area contributed by atoms with Crippen molar-refractivity contribution in [3.63, 3.8) is 0 Å². The molecule has 0 spiro atoms. The number of hydrogen-bond donors (Lipinski definition) is 1. The Morgan fingerprint density at radius 3 is 2.80 bits per heavy atom. The maximum absolute atomic E-state index is 13.6. The van der Waals surface area contributed by atoms with Crippen molar-refractivity contribution in [3.8, 4) is 0 Å². The molecule has 0 amide bonds. The van der Waals surface area contributed by atoms with E-state index < -0.39 is 17.9 Å². The first-order valence-electron chi connectivity index (χ1n) is 7.79. The Labute approximate surface area is 147 Å². The SMILES string of the molecule is Cc1sc2nc([C@@H](C)OC(=O)Cc3ccccc3F)[nH]c(=O)c2c1C. The second kappa shape index (κ2) is 6.76. The van der Waals surface area contributed by atoms with Crippen LogP contribution in [0.3, 0.4) is 0 Å². The first-order valence-corrected chi connectivity index (χ1v) is 8.61. The smallest absolute Gasteiger partial charge is 0.311 e. The predicted octanol–water partition coefficient (Wildman–Crippen LogP) is 3.59. The summed E-state index contributed by atoms with van der Waals surface area (Å²) in [6.07, 6.45) is -0.917. The van der Waals surface area contributed by atoms with Gasteiger partial charge in [-0.1, -0.05) is 18.2 Å². The Morgan fingerprint density at radius 1 is 1.36 bits per heavy atom. The third-order valence-corrected chi connectivity index (χ3v) is 5.14. The predicted molar refractivity (Wildman–Crippen MR) is 94.3 cm³/mol. The fourth-order valence-electron chi connectivity index (χ4n) is 2.56. The molecule has 130 valence electrons. The number of fused-ring (bicyclic) bond motifs is 1. The van der Waals surface area contributed by atoms with Gasteiger partial charge in [0.25, 0.3) is 5.56 Å². The molecule has 0 radical (unpaired) electrons. The van der Waals surface area contributed by atoms with Crippen LogP contribution in [-0.2, 0) is 16.0 Å². The van der Waals surface area contributed by atoms with Crippen LogP contribution >= 0.6 is 11.3 Å². The third-order valence-electron chi connectivity index (χ3n) is 4.04. The molecule has 1 aromatic carbocycles. The zero-order valence-corrected chi connectivity index (χ0v) is 14.9. The summed E-state index contributed by atoms with van der Waals surface area (Å²) in [5, 5.41) is 0.566. The molecule has 0 bridgehead atoms. The number of aromatic amines is 1. The first kappa shape index (κ1) is 17.3. The summed E-state index contributed by atoms with van der Waals surface area (Å²) in [7, 11) is 0. The highest BCUT2D eigenvalue weighted by Gasteiger charge is 2.19. The highest BCUT2D eigenvalue weighted by atomic mass is 32.1. The first-order chi connectivity index (χ1) is 11.9. The molecule has 0 saturated carbocycles. The summed E-state index contributed by atoms with van der Waals surface area (Å²) >= 11 is 1.43. The van der Waals surface area contributed by atoms with Gasteiger partial charge in [0, 0.05) is 4.88 Å². The van der Waals surface area contributed by atoms with E-state index in [2.05, 4.69) is 9.97 Å². The minimum absolute atomic E-state index is 0.180. The number of nitrogens with one attached hydrogen (secondary N) is 1. The van der Waals surface area contributed by atoms with Crippen LogP contribution in [0.2, 0.25) is 0 Å². The van der Waals surface area contributed by atoms with Crippen LogP contribution in [0.4, 0.5) is 4.39 Å². The molecule has 0 aliphatic carbocycles. The van der Waals surface area contributed by atoms with Crippen molar-refractivity contribution in [3.05, 3.63) is 62.3 Å². The number of rotatable bonds is 4. The number of aryl methyl sites for hydroxylation is 2. The molecule has 0 unspecified atom stereocenters. The number of H-pyrrole nitrogens is 1. The summed E-state index contributed by atoms with van der Waals surface area (Å²) in [6.45, 7) is 5.43. The highest BCUT2D eigenvalue weighted by Crippen LogP contribution is 2.27. The Kier molecular flexibility index (Phi) is 4.67. The van der Waals surface area contributed by atoms with Crippen molar-refractivity contribution in [1.82, 2.24) is 9.97 Å². The van der Waals surface area contributed by atoms with Gasteiger partial charge < -0.3 is 9.72 Å². The van der Waals surface area contributed by atoms with E-state index >= 15 is 0 Å². The highest BCUT2D eigenvalue weighted by molar-refractivity contribution is 7.18. The number of nitrogens with zero attached hydrogens (tertiary/aromatic N) is 1. The van der Waals surface area contributed by atoms with Gasteiger partial charge >= 0.3 is 5.97 Å². The molecule has 25 heavy (non-hydrogen) atoms. The number of esters is 1. The van der Waals surface area contributed by atoms with Crippen molar-refractivity contribution in [2.24, 2.45) is 0 Å². The van der Waals surface area contributed by atoms with Crippen LogP contribution in [0.5, 0.6) is 0 Å². The van der Waals surface area contributed by atoms with Crippen molar-refractivity contribution >= 4 is 27.5 Å². The number of thiophene rings is 1. The van der Waals surface area contributed by atoms with Gasteiger partial charge in [-0.25, -0.2) is 9.37 Å². The fourth-order valence-corrected chi connectivity index (χ4v) is 3.59. The molecular weight excluding hydrogens is 343 g/mol. The standard InChI is InChI=1S/C18H17FN2O3S/c1-9-11(3)25-18-15(9)17(23)20-16(21-18)10(2)24-14(22)8-12-6-4-5-7-13(12)19/h4-7,10H,8H2,1-3H3,(H,20,21,23)/t10-/m1/s1. The van der Waals surface area contributed by atoms with Gasteiger partial charge in [-0.05, 0) is 38.0 Å². The van der Waals surface area contributed by atoms with Crippen molar-refractivity contribution in [2.75, 3.05) is 0 Å². The summed E-state index contributed by atoms with van der Waals surface area (Å²) in [5.74, 6) is -0.760.